The third-order valence-corrected chi connectivity index (χ3v) is 7.06. The normalized spacial score (nSPS) is 12.0. The first-order valence-corrected chi connectivity index (χ1v) is 11.3. The first kappa shape index (κ1) is 21.2. The number of aromatic hydroxyl groups is 1. The van der Waals surface area contributed by atoms with Crippen molar-refractivity contribution in [1.82, 2.24) is 5.32 Å². The lowest BCUT2D eigenvalue weighted by atomic mass is 9.96. The Bertz CT molecular complexity index is 735. The maximum absolute atomic E-state index is 12.6. The summed E-state index contributed by atoms with van der Waals surface area (Å²) < 4.78 is 2.79. The molecule has 1 atom stereocenters. The lowest BCUT2D eigenvalue weighted by molar-refractivity contribution is -0.125. The molecular weight excluding hydrogens is 655 g/mol. The number of hydrogen-bond donors (Lipinski definition) is 2. The van der Waals surface area contributed by atoms with Crippen molar-refractivity contribution >= 4 is 73.7 Å². The van der Waals surface area contributed by atoms with Crippen molar-refractivity contribution in [3.05, 3.63) is 58.2 Å². The Labute approximate surface area is 189 Å². The van der Waals surface area contributed by atoms with Gasteiger partial charge in [-0.2, -0.15) is 0 Å². The van der Waals surface area contributed by atoms with Crippen molar-refractivity contribution in [3.8, 4) is 5.75 Å². The van der Waals surface area contributed by atoms with Crippen molar-refractivity contribution in [2.75, 3.05) is 6.54 Å². The highest BCUT2D eigenvalue weighted by molar-refractivity contribution is 14.1. The van der Waals surface area contributed by atoms with Crippen LogP contribution in [0, 0.1) is 16.6 Å². The van der Waals surface area contributed by atoms with Gasteiger partial charge in [0.25, 0.3) is 0 Å². The van der Waals surface area contributed by atoms with Gasteiger partial charge in [0.15, 0.2) is 0 Å². The molecule has 0 aliphatic heterocycles. The Balaban J connectivity index is 2.00. The number of phenolic OH excluding ortho intramolecular Hbond substituents is 1. The van der Waals surface area contributed by atoms with Crippen LogP contribution in [0.1, 0.15) is 24.5 Å². The Kier molecular flexibility index (Phi) is 8.73. The van der Waals surface area contributed by atoms with Gasteiger partial charge in [0.1, 0.15) is 5.75 Å². The van der Waals surface area contributed by atoms with Gasteiger partial charge in [0, 0.05) is 16.0 Å². The minimum Gasteiger partial charge on any atom is -0.506 e. The highest BCUT2D eigenvalue weighted by Gasteiger charge is 2.21. The molecule has 25 heavy (non-hydrogen) atoms. The topological polar surface area (TPSA) is 49.3 Å². The second-order valence-electron chi connectivity index (χ2n) is 5.82. The van der Waals surface area contributed by atoms with Gasteiger partial charge in [-0.05, 0) is 104 Å². The zero-order valence-electron chi connectivity index (χ0n) is 13.9. The molecule has 0 spiro atoms. The minimum absolute atomic E-state index is 0.0859. The fraction of sp³-hybridized carbons (Fsp3) is 0.316. The van der Waals surface area contributed by atoms with Crippen LogP contribution in [0.25, 0.3) is 0 Å². The summed E-state index contributed by atoms with van der Waals surface area (Å²) >= 11 is 6.59. The van der Waals surface area contributed by atoms with E-state index in [0.717, 1.165) is 29.1 Å². The molecule has 0 fully saturated rings. The van der Waals surface area contributed by atoms with E-state index < -0.39 is 0 Å². The number of nitrogens with one attached hydrogen (secondary N) is 1. The number of hydrogen-bond acceptors (Lipinski definition) is 2. The van der Waals surface area contributed by atoms with Crippen molar-refractivity contribution < 1.29 is 9.90 Å². The second-order valence-corrected chi connectivity index (χ2v) is 9.22. The lowest BCUT2D eigenvalue weighted by Crippen LogP contribution is -2.33. The molecule has 1 unspecified atom stereocenters. The van der Waals surface area contributed by atoms with Crippen molar-refractivity contribution in [1.29, 1.82) is 0 Å². The summed E-state index contributed by atoms with van der Waals surface area (Å²) in [5.74, 6) is 0.316. The molecule has 2 rings (SSSR count). The molecule has 0 saturated carbocycles. The largest absolute Gasteiger partial charge is 0.506 e. The molecule has 2 N–H and O–H groups in total. The van der Waals surface area contributed by atoms with E-state index in [-0.39, 0.29) is 11.8 Å². The Hall–Kier alpha value is -0.1000. The number of carbonyl (C=O) groups excluding carboxylic acids is 1. The number of rotatable bonds is 7. The van der Waals surface area contributed by atoms with E-state index in [4.69, 9.17) is 0 Å². The highest BCUT2D eigenvalue weighted by Crippen LogP contribution is 2.34. The molecule has 6 heteroatoms. The number of amides is 1. The summed E-state index contributed by atoms with van der Waals surface area (Å²) in [6.45, 7) is 2.68. The third kappa shape index (κ3) is 5.95. The van der Waals surface area contributed by atoms with Crippen molar-refractivity contribution in [3.63, 3.8) is 0 Å². The molecule has 0 aliphatic carbocycles. The van der Waals surface area contributed by atoms with Crippen LogP contribution in [0.2, 0.25) is 0 Å². The fourth-order valence-corrected chi connectivity index (χ4v) is 6.41. The van der Waals surface area contributed by atoms with E-state index in [1.54, 1.807) is 0 Å². The molecule has 2 aromatic rings. The molecule has 2 aromatic carbocycles. The van der Waals surface area contributed by atoms with Gasteiger partial charge in [-0.25, -0.2) is 0 Å². The Morgan fingerprint density at radius 1 is 1.16 bits per heavy atom. The number of carbonyl (C=O) groups is 1. The van der Waals surface area contributed by atoms with Crippen LogP contribution in [0.15, 0.2) is 36.4 Å². The van der Waals surface area contributed by atoms with Gasteiger partial charge in [-0.3, -0.25) is 4.79 Å². The molecule has 0 saturated heterocycles. The highest BCUT2D eigenvalue weighted by atomic mass is 127. The predicted octanol–water partition coefficient (Wildman–Crippen LogP) is 5.13. The van der Waals surface area contributed by atoms with E-state index in [0.29, 0.717) is 18.7 Å². The minimum atomic E-state index is -0.0859. The summed E-state index contributed by atoms with van der Waals surface area (Å²) in [4.78, 5) is 12.6. The van der Waals surface area contributed by atoms with Crippen LogP contribution in [-0.4, -0.2) is 17.6 Å². The van der Waals surface area contributed by atoms with Crippen LogP contribution >= 0.6 is 67.8 Å². The Morgan fingerprint density at radius 3 is 2.48 bits per heavy atom. The summed E-state index contributed by atoms with van der Waals surface area (Å²) in [5, 5.41) is 13.2. The van der Waals surface area contributed by atoms with Crippen LogP contribution in [0.4, 0.5) is 0 Å². The maximum atomic E-state index is 12.6. The quantitative estimate of drug-likeness (QED) is 0.401. The van der Waals surface area contributed by atoms with Crippen molar-refractivity contribution in [2.24, 2.45) is 5.92 Å². The van der Waals surface area contributed by atoms with Gasteiger partial charge >= 0.3 is 0 Å². The molecule has 1 amide bonds. The van der Waals surface area contributed by atoms with Gasteiger partial charge in [-0.1, -0.05) is 37.3 Å². The number of benzene rings is 2. The van der Waals surface area contributed by atoms with Crippen LogP contribution in [-0.2, 0) is 17.6 Å². The smallest absolute Gasteiger partial charge is 0.223 e. The van der Waals surface area contributed by atoms with Crippen LogP contribution in [0.5, 0.6) is 5.75 Å². The Morgan fingerprint density at radius 2 is 1.84 bits per heavy atom. The first-order valence-electron chi connectivity index (χ1n) is 8.11. The van der Waals surface area contributed by atoms with E-state index in [9.17, 15) is 9.90 Å². The zero-order valence-corrected chi connectivity index (χ0v) is 20.3. The molecule has 0 aliphatic rings. The molecule has 0 bridgehead atoms. The van der Waals surface area contributed by atoms with Crippen LogP contribution in [0.3, 0.4) is 0 Å². The average molecular weight is 675 g/mol. The summed E-state index contributed by atoms with van der Waals surface area (Å²) in [5.41, 5.74) is 2.28. The summed E-state index contributed by atoms with van der Waals surface area (Å²) in [6, 6.07) is 12.1. The SMILES string of the molecule is CCC(Cc1c(I)cc(I)c(O)c1I)C(=O)NCCc1ccccc1. The number of halogens is 3. The molecule has 134 valence electrons. The summed E-state index contributed by atoms with van der Waals surface area (Å²) in [6.07, 6.45) is 2.26. The van der Waals surface area contributed by atoms with Crippen LogP contribution < -0.4 is 5.32 Å². The molecule has 3 nitrogen and oxygen atoms in total. The molecular formula is C19H20I3NO2. The molecule has 0 heterocycles. The zero-order chi connectivity index (χ0) is 18.4. The van der Waals surface area contributed by atoms with Gasteiger partial charge < -0.3 is 10.4 Å². The monoisotopic (exact) mass is 675 g/mol. The molecule has 0 aromatic heterocycles. The standard InChI is InChI=1S/C19H20I3NO2/c1-2-13(10-14-15(20)11-16(21)18(24)17(14)22)19(25)23-9-8-12-6-4-3-5-7-12/h3-7,11,13,24H,2,8-10H2,1H3,(H,23,25). The second kappa shape index (κ2) is 10.3. The van der Waals surface area contributed by atoms with E-state index in [2.05, 4.69) is 85.2 Å². The van der Waals surface area contributed by atoms with Gasteiger partial charge in [0.2, 0.25) is 5.91 Å². The number of phenols is 1. The molecule has 0 radical (unpaired) electrons. The first-order chi connectivity index (χ1) is 11.9. The lowest BCUT2D eigenvalue weighted by Gasteiger charge is -2.18. The maximum Gasteiger partial charge on any atom is 0.223 e. The summed E-state index contributed by atoms with van der Waals surface area (Å²) in [7, 11) is 0. The fourth-order valence-electron chi connectivity index (χ4n) is 2.59. The van der Waals surface area contributed by atoms with E-state index >= 15 is 0 Å². The van der Waals surface area contributed by atoms with E-state index in [1.165, 1.54) is 5.56 Å². The predicted molar refractivity (Wildman–Crippen MR) is 127 cm³/mol. The van der Waals surface area contributed by atoms with Gasteiger partial charge in [-0.15, -0.1) is 0 Å². The average Bonchev–Trinajstić information content (AvgIpc) is 2.61. The third-order valence-electron chi connectivity index (χ3n) is 4.11. The van der Waals surface area contributed by atoms with Crippen molar-refractivity contribution in [2.45, 2.75) is 26.2 Å². The van der Waals surface area contributed by atoms with E-state index in [1.807, 2.05) is 31.2 Å². The van der Waals surface area contributed by atoms with Gasteiger partial charge in [0.05, 0.1) is 7.14 Å².